The Labute approximate surface area is 177 Å². The number of benzene rings is 2. The Hall–Kier alpha value is -3.19. The zero-order valence-electron chi connectivity index (χ0n) is 17.3. The Morgan fingerprint density at radius 3 is 2.23 bits per heavy atom. The summed E-state index contributed by atoms with van der Waals surface area (Å²) in [4.78, 5) is 40.5. The predicted molar refractivity (Wildman–Crippen MR) is 116 cm³/mol. The maximum absolute atomic E-state index is 12.4. The lowest BCUT2D eigenvalue weighted by atomic mass is 10.2. The Bertz CT molecular complexity index is 860. The van der Waals surface area contributed by atoms with Gasteiger partial charge in [-0.1, -0.05) is 35.9 Å². The molecule has 0 bridgehead atoms. The monoisotopic (exact) mass is 408 g/mol. The lowest BCUT2D eigenvalue weighted by molar-refractivity contribution is -0.132. The molecule has 7 heteroatoms. The Morgan fingerprint density at radius 1 is 0.900 bits per heavy atom. The third-order valence-corrected chi connectivity index (χ3v) is 5.09. The highest BCUT2D eigenvalue weighted by Crippen LogP contribution is 2.09. The third-order valence-electron chi connectivity index (χ3n) is 5.09. The van der Waals surface area contributed by atoms with Crippen LogP contribution < -0.4 is 10.6 Å². The van der Waals surface area contributed by atoms with Crippen molar-refractivity contribution in [3.05, 3.63) is 65.7 Å². The van der Waals surface area contributed by atoms with Gasteiger partial charge in [0.15, 0.2) is 0 Å². The normalized spacial score (nSPS) is 14.2. The summed E-state index contributed by atoms with van der Waals surface area (Å²) in [5, 5.41) is 5.68. The summed E-state index contributed by atoms with van der Waals surface area (Å²) in [6, 6.07) is 16.6. The highest BCUT2D eigenvalue weighted by Gasteiger charge is 2.22. The number of anilines is 1. The van der Waals surface area contributed by atoms with Crippen molar-refractivity contribution >= 4 is 23.4 Å². The molecular formula is C23H28N4O3. The fourth-order valence-electron chi connectivity index (χ4n) is 3.33. The van der Waals surface area contributed by atoms with Crippen LogP contribution >= 0.6 is 0 Å². The second kappa shape index (κ2) is 10.5. The first-order valence-electron chi connectivity index (χ1n) is 10.2. The molecule has 1 saturated heterocycles. The van der Waals surface area contributed by atoms with Gasteiger partial charge in [0.05, 0.1) is 6.54 Å². The fourth-order valence-corrected chi connectivity index (χ4v) is 3.33. The molecule has 30 heavy (non-hydrogen) atoms. The lowest BCUT2D eigenvalue weighted by Crippen LogP contribution is -2.50. The van der Waals surface area contributed by atoms with Crippen molar-refractivity contribution in [2.75, 3.05) is 44.6 Å². The quantitative estimate of drug-likeness (QED) is 0.733. The molecule has 2 aromatic rings. The first-order valence-corrected chi connectivity index (χ1v) is 10.2. The molecule has 0 radical (unpaired) electrons. The van der Waals surface area contributed by atoms with Crippen molar-refractivity contribution in [3.8, 4) is 0 Å². The number of carbonyl (C=O) groups excluding carboxylic acids is 3. The number of aryl methyl sites for hydroxylation is 1. The summed E-state index contributed by atoms with van der Waals surface area (Å²) in [5.41, 5.74) is 2.52. The van der Waals surface area contributed by atoms with Crippen molar-refractivity contribution in [1.82, 2.24) is 15.1 Å². The first kappa shape index (κ1) is 21.5. The molecule has 0 aliphatic carbocycles. The summed E-state index contributed by atoms with van der Waals surface area (Å²) < 4.78 is 0. The molecule has 3 amide bonds. The molecule has 0 aromatic heterocycles. The molecule has 0 atom stereocenters. The smallest absolute Gasteiger partial charge is 0.251 e. The van der Waals surface area contributed by atoms with Crippen LogP contribution in [0.25, 0.3) is 0 Å². The van der Waals surface area contributed by atoms with Gasteiger partial charge in [0.25, 0.3) is 5.91 Å². The van der Waals surface area contributed by atoms with Gasteiger partial charge in [-0.15, -0.1) is 0 Å². The Morgan fingerprint density at radius 2 is 1.57 bits per heavy atom. The van der Waals surface area contributed by atoms with Gasteiger partial charge in [-0.25, -0.2) is 0 Å². The highest BCUT2D eigenvalue weighted by molar-refractivity contribution is 5.94. The molecule has 2 aromatic carbocycles. The molecule has 0 saturated carbocycles. The van der Waals surface area contributed by atoms with Crippen LogP contribution in [0.1, 0.15) is 22.3 Å². The SMILES string of the molecule is Cc1ccc(NC(=O)CN2CCN(C(=O)CCNC(=O)c3ccccc3)CC2)cc1. The molecule has 1 aliphatic rings. The number of piperazine rings is 1. The van der Waals surface area contributed by atoms with Gasteiger partial charge in [-0.3, -0.25) is 19.3 Å². The first-order chi connectivity index (χ1) is 14.5. The van der Waals surface area contributed by atoms with E-state index in [1.54, 1.807) is 29.2 Å². The van der Waals surface area contributed by atoms with Crippen LogP contribution in [-0.4, -0.2) is 66.8 Å². The maximum atomic E-state index is 12.4. The standard InChI is InChI=1S/C23H28N4O3/c1-18-7-9-20(10-8-18)25-21(28)17-26-13-15-27(16-14-26)22(29)11-12-24-23(30)19-5-3-2-4-6-19/h2-10H,11-17H2,1H3,(H,24,30)(H,25,28). The van der Waals surface area contributed by atoms with Gasteiger partial charge in [0, 0.05) is 50.4 Å². The molecule has 158 valence electrons. The average molecular weight is 409 g/mol. The van der Waals surface area contributed by atoms with Crippen LogP contribution in [0.5, 0.6) is 0 Å². The summed E-state index contributed by atoms with van der Waals surface area (Å²) >= 11 is 0. The topological polar surface area (TPSA) is 81.8 Å². The molecule has 0 unspecified atom stereocenters. The number of carbonyl (C=O) groups is 3. The molecular weight excluding hydrogens is 380 g/mol. The Balaban J connectivity index is 1.34. The van der Waals surface area contributed by atoms with E-state index >= 15 is 0 Å². The van der Waals surface area contributed by atoms with Crippen LogP contribution in [0.3, 0.4) is 0 Å². The highest BCUT2D eigenvalue weighted by atomic mass is 16.2. The summed E-state index contributed by atoms with van der Waals surface area (Å²) in [6.07, 6.45) is 0.270. The minimum atomic E-state index is -0.173. The van der Waals surface area contributed by atoms with Gasteiger partial charge in [-0.2, -0.15) is 0 Å². The minimum Gasteiger partial charge on any atom is -0.352 e. The van der Waals surface area contributed by atoms with Crippen LogP contribution in [0.15, 0.2) is 54.6 Å². The lowest BCUT2D eigenvalue weighted by Gasteiger charge is -2.34. The van der Waals surface area contributed by atoms with Crippen LogP contribution in [0.4, 0.5) is 5.69 Å². The number of amides is 3. The molecule has 1 fully saturated rings. The summed E-state index contributed by atoms with van der Waals surface area (Å²) in [6.45, 7) is 5.11. The van der Waals surface area contributed by atoms with Gasteiger partial charge < -0.3 is 15.5 Å². The van der Waals surface area contributed by atoms with E-state index in [4.69, 9.17) is 0 Å². The van der Waals surface area contributed by atoms with E-state index in [1.165, 1.54) is 0 Å². The number of hydrogen-bond donors (Lipinski definition) is 2. The zero-order valence-corrected chi connectivity index (χ0v) is 17.3. The van der Waals surface area contributed by atoms with Crippen molar-refractivity contribution < 1.29 is 14.4 Å². The molecule has 1 aliphatic heterocycles. The molecule has 3 rings (SSSR count). The van der Waals surface area contributed by atoms with Crippen molar-refractivity contribution in [1.29, 1.82) is 0 Å². The molecule has 1 heterocycles. The fraction of sp³-hybridized carbons (Fsp3) is 0.348. The Kier molecular flexibility index (Phi) is 7.57. The largest absolute Gasteiger partial charge is 0.352 e. The van der Waals surface area contributed by atoms with E-state index in [2.05, 4.69) is 10.6 Å². The molecule has 0 spiro atoms. The number of nitrogens with zero attached hydrogens (tertiary/aromatic N) is 2. The number of rotatable bonds is 7. The summed E-state index contributed by atoms with van der Waals surface area (Å²) in [5.74, 6) is -0.206. The van der Waals surface area contributed by atoms with E-state index < -0.39 is 0 Å². The van der Waals surface area contributed by atoms with Crippen LogP contribution in [0.2, 0.25) is 0 Å². The van der Waals surface area contributed by atoms with Crippen LogP contribution in [-0.2, 0) is 9.59 Å². The van der Waals surface area contributed by atoms with Crippen molar-refractivity contribution in [2.24, 2.45) is 0 Å². The van der Waals surface area contributed by atoms with Crippen molar-refractivity contribution in [3.63, 3.8) is 0 Å². The zero-order chi connectivity index (χ0) is 21.3. The van der Waals surface area contributed by atoms with E-state index in [1.807, 2.05) is 42.2 Å². The van der Waals surface area contributed by atoms with Gasteiger partial charge in [0.2, 0.25) is 11.8 Å². The molecule has 7 nitrogen and oxygen atoms in total. The summed E-state index contributed by atoms with van der Waals surface area (Å²) in [7, 11) is 0. The second-order valence-corrected chi connectivity index (χ2v) is 7.44. The maximum Gasteiger partial charge on any atom is 0.251 e. The van der Waals surface area contributed by atoms with Gasteiger partial charge in [-0.05, 0) is 31.2 Å². The molecule has 2 N–H and O–H groups in total. The number of hydrogen-bond acceptors (Lipinski definition) is 4. The van der Waals surface area contributed by atoms with Gasteiger partial charge >= 0.3 is 0 Å². The minimum absolute atomic E-state index is 0.0205. The van der Waals surface area contributed by atoms with Crippen molar-refractivity contribution in [2.45, 2.75) is 13.3 Å². The van der Waals surface area contributed by atoms with Gasteiger partial charge in [0.1, 0.15) is 0 Å². The van der Waals surface area contributed by atoms with E-state index in [9.17, 15) is 14.4 Å². The van der Waals surface area contributed by atoms with E-state index in [0.29, 0.717) is 44.8 Å². The van der Waals surface area contributed by atoms with E-state index in [-0.39, 0.29) is 24.1 Å². The van der Waals surface area contributed by atoms with E-state index in [0.717, 1.165) is 11.3 Å². The third kappa shape index (κ3) is 6.42. The number of nitrogens with one attached hydrogen (secondary N) is 2. The second-order valence-electron chi connectivity index (χ2n) is 7.44. The van der Waals surface area contributed by atoms with Crippen LogP contribution in [0, 0.1) is 6.92 Å². The average Bonchev–Trinajstić information content (AvgIpc) is 2.76. The predicted octanol–water partition coefficient (Wildman–Crippen LogP) is 1.90.